The molecule has 0 spiro atoms. The van der Waals surface area contributed by atoms with Crippen LogP contribution in [0.3, 0.4) is 0 Å². The molecule has 1 unspecified atom stereocenters. The predicted molar refractivity (Wildman–Crippen MR) is 197 cm³/mol. The van der Waals surface area contributed by atoms with Crippen LogP contribution in [-0.4, -0.2) is 64.7 Å². The number of aryl methyl sites for hydroxylation is 1. The van der Waals surface area contributed by atoms with Crippen LogP contribution in [0.15, 0.2) is 83.7 Å². The van der Waals surface area contributed by atoms with Gasteiger partial charge < -0.3 is 20.3 Å². The zero-order valence-corrected chi connectivity index (χ0v) is 29.1. The summed E-state index contributed by atoms with van der Waals surface area (Å²) in [5, 5.41) is 10.8. The number of fused-ring (bicyclic) bond motifs is 1. The molecule has 50 heavy (non-hydrogen) atoms. The van der Waals surface area contributed by atoms with Crippen molar-refractivity contribution in [3.05, 3.63) is 106 Å². The number of ketones is 1. The summed E-state index contributed by atoms with van der Waals surface area (Å²) in [6.07, 6.45) is 3.50. The van der Waals surface area contributed by atoms with Gasteiger partial charge in [0.15, 0.2) is 5.78 Å². The van der Waals surface area contributed by atoms with E-state index >= 15 is 0 Å². The van der Waals surface area contributed by atoms with Gasteiger partial charge in [-0.2, -0.15) is 4.98 Å². The van der Waals surface area contributed by atoms with Crippen molar-refractivity contribution >= 4 is 34.4 Å². The Kier molecular flexibility index (Phi) is 10.6. The smallest absolute Gasteiger partial charge is 0.275 e. The number of rotatable bonds is 13. The standard InChI is InChI=1S/C39H45N7O4/c1-5-50-30-21-17-27(18-22-30)34(47)23-32(35-25(2)44-46(38(35)49)29-11-7-6-8-12-29)37(48)40-24-26-15-19-28(20-16-26)41-39-42-33-14-10-9-13-31(33)36(43-39)45(3)4/h6-14,17-18,21-22,26,28,32,44H,5,15-16,19-20,23-24H2,1-4H3,(H,40,48)(H,41,42,43). The molecule has 6 rings (SSSR count). The normalized spacial score (nSPS) is 16.5. The molecule has 1 aliphatic carbocycles. The highest BCUT2D eigenvalue weighted by Crippen LogP contribution is 2.29. The summed E-state index contributed by atoms with van der Waals surface area (Å²) >= 11 is 0. The number of aromatic nitrogens is 4. The highest BCUT2D eigenvalue weighted by molar-refractivity contribution is 6.00. The topological polar surface area (TPSA) is 134 Å². The van der Waals surface area contributed by atoms with Gasteiger partial charge >= 0.3 is 0 Å². The number of nitrogens with zero attached hydrogens (tertiary/aromatic N) is 4. The first-order valence-corrected chi connectivity index (χ1v) is 17.3. The Hall–Kier alpha value is -5.45. The molecule has 3 aromatic carbocycles. The Morgan fingerprint density at radius 1 is 0.960 bits per heavy atom. The minimum Gasteiger partial charge on any atom is -0.494 e. The molecule has 11 nitrogen and oxygen atoms in total. The average Bonchev–Trinajstić information content (AvgIpc) is 3.43. The quantitative estimate of drug-likeness (QED) is 0.129. The highest BCUT2D eigenvalue weighted by Gasteiger charge is 2.32. The fourth-order valence-electron chi connectivity index (χ4n) is 6.79. The largest absolute Gasteiger partial charge is 0.494 e. The van der Waals surface area contributed by atoms with Crippen molar-refractivity contribution in [3.63, 3.8) is 0 Å². The van der Waals surface area contributed by atoms with Gasteiger partial charge in [-0.05, 0) is 94.0 Å². The number of nitrogens with one attached hydrogen (secondary N) is 3. The van der Waals surface area contributed by atoms with E-state index in [2.05, 4.69) is 15.7 Å². The molecule has 2 heterocycles. The maximum atomic E-state index is 14.0. The third-order valence-electron chi connectivity index (χ3n) is 9.42. The van der Waals surface area contributed by atoms with Crippen LogP contribution in [0.1, 0.15) is 66.6 Å². The molecule has 11 heteroatoms. The fraction of sp³-hybridized carbons (Fsp3) is 0.359. The zero-order chi connectivity index (χ0) is 35.2. The number of ether oxygens (including phenoxy) is 1. The summed E-state index contributed by atoms with van der Waals surface area (Å²) in [4.78, 5) is 52.9. The first kappa shape index (κ1) is 34.4. The van der Waals surface area contributed by atoms with Crippen LogP contribution < -0.4 is 25.8 Å². The molecule has 1 amide bonds. The third kappa shape index (κ3) is 7.72. The van der Waals surface area contributed by atoms with E-state index in [1.54, 1.807) is 31.2 Å². The van der Waals surface area contributed by atoms with Crippen molar-refractivity contribution in [3.8, 4) is 11.4 Å². The van der Waals surface area contributed by atoms with E-state index in [1.165, 1.54) is 4.68 Å². The summed E-state index contributed by atoms with van der Waals surface area (Å²) in [5.41, 5.74) is 2.52. The van der Waals surface area contributed by atoms with Gasteiger partial charge in [0, 0.05) is 49.7 Å². The second-order valence-electron chi connectivity index (χ2n) is 13.2. The molecule has 260 valence electrons. The molecule has 3 N–H and O–H groups in total. The summed E-state index contributed by atoms with van der Waals surface area (Å²) in [6.45, 7) is 4.65. The summed E-state index contributed by atoms with van der Waals surface area (Å²) in [7, 11) is 3.96. The molecule has 1 atom stereocenters. The SMILES string of the molecule is CCOc1ccc(C(=O)CC(C(=O)NCC2CCC(Nc3nc(N(C)C)c4ccccc4n3)CC2)c2c(C)[nH]n(-c3ccccc3)c2=O)cc1. The van der Waals surface area contributed by atoms with Crippen molar-refractivity contribution < 1.29 is 14.3 Å². The van der Waals surface area contributed by atoms with Gasteiger partial charge in [-0.15, -0.1) is 0 Å². The van der Waals surface area contributed by atoms with Gasteiger partial charge in [0.1, 0.15) is 11.6 Å². The number of H-pyrrole nitrogens is 1. The van der Waals surface area contributed by atoms with Crippen LogP contribution in [0.4, 0.5) is 11.8 Å². The van der Waals surface area contributed by atoms with Crippen LogP contribution in [0.5, 0.6) is 5.75 Å². The Labute approximate surface area is 292 Å². The molecule has 1 fully saturated rings. The summed E-state index contributed by atoms with van der Waals surface area (Å²) in [5.74, 6) is 0.910. The van der Waals surface area contributed by atoms with E-state index < -0.39 is 5.92 Å². The number of benzene rings is 3. The number of carbonyl (C=O) groups is 2. The molecule has 1 aliphatic rings. The average molecular weight is 676 g/mol. The second-order valence-corrected chi connectivity index (χ2v) is 13.2. The Bertz CT molecular complexity index is 2000. The molecule has 0 saturated heterocycles. The van der Waals surface area contributed by atoms with E-state index in [9.17, 15) is 14.4 Å². The lowest BCUT2D eigenvalue weighted by Crippen LogP contribution is -2.38. The molecular formula is C39H45N7O4. The number of anilines is 2. The zero-order valence-electron chi connectivity index (χ0n) is 29.1. The Morgan fingerprint density at radius 3 is 2.36 bits per heavy atom. The minimum absolute atomic E-state index is 0.139. The van der Waals surface area contributed by atoms with Gasteiger partial charge in [0.2, 0.25) is 11.9 Å². The van der Waals surface area contributed by atoms with Crippen LogP contribution in [0, 0.1) is 12.8 Å². The maximum absolute atomic E-state index is 14.0. The first-order chi connectivity index (χ1) is 24.2. The molecule has 0 bridgehead atoms. The maximum Gasteiger partial charge on any atom is 0.275 e. The van der Waals surface area contributed by atoms with E-state index in [-0.39, 0.29) is 35.6 Å². The van der Waals surface area contributed by atoms with E-state index in [0.29, 0.717) is 47.4 Å². The molecule has 1 saturated carbocycles. The lowest BCUT2D eigenvalue weighted by Gasteiger charge is -2.30. The molecule has 2 aromatic heterocycles. The van der Waals surface area contributed by atoms with E-state index in [0.717, 1.165) is 42.4 Å². The molecule has 0 aliphatic heterocycles. The van der Waals surface area contributed by atoms with Crippen molar-refractivity contribution in [2.24, 2.45) is 5.92 Å². The highest BCUT2D eigenvalue weighted by atomic mass is 16.5. The lowest BCUT2D eigenvalue weighted by molar-refractivity contribution is -0.122. The minimum atomic E-state index is -0.961. The van der Waals surface area contributed by atoms with E-state index in [1.807, 2.05) is 80.5 Å². The number of amides is 1. The van der Waals surface area contributed by atoms with Gasteiger partial charge in [-0.25, -0.2) is 9.67 Å². The van der Waals surface area contributed by atoms with Crippen molar-refractivity contribution in [2.45, 2.75) is 57.9 Å². The van der Waals surface area contributed by atoms with Gasteiger partial charge in [-0.1, -0.05) is 30.3 Å². The van der Waals surface area contributed by atoms with Crippen molar-refractivity contribution in [1.29, 1.82) is 0 Å². The monoisotopic (exact) mass is 675 g/mol. The first-order valence-electron chi connectivity index (χ1n) is 17.3. The molecular weight excluding hydrogens is 630 g/mol. The number of aromatic amines is 1. The summed E-state index contributed by atoms with van der Waals surface area (Å²) in [6, 6.07) is 24.3. The van der Waals surface area contributed by atoms with Crippen molar-refractivity contribution in [1.82, 2.24) is 25.1 Å². The molecule has 0 radical (unpaired) electrons. The van der Waals surface area contributed by atoms with Crippen LogP contribution >= 0.6 is 0 Å². The third-order valence-corrected chi connectivity index (χ3v) is 9.42. The summed E-state index contributed by atoms with van der Waals surface area (Å²) < 4.78 is 6.96. The van der Waals surface area contributed by atoms with Crippen LogP contribution in [0.25, 0.3) is 16.6 Å². The number of carbonyl (C=O) groups excluding carboxylic acids is 2. The molecule has 5 aromatic rings. The van der Waals surface area contributed by atoms with Crippen LogP contribution in [0.2, 0.25) is 0 Å². The lowest BCUT2D eigenvalue weighted by atomic mass is 9.85. The van der Waals surface area contributed by atoms with Gasteiger partial charge in [-0.3, -0.25) is 19.5 Å². The van der Waals surface area contributed by atoms with Crippen LogP contribution in [-0.2, 0) is 4.79 Å². The van der Waals surface area contributed by atoms with E-state index in [4.69, 9.17) is 14.7 Å². The Morgan fingerprint density at radius 2 is 1.66 bits per heavy atom. The number of hydrogen-bond donors (Lipinski definition) is 3. The fourth-order valence-corrected chi connectivity index (χ4v) is 6.79. The number of Topliss-reactive ketones (excluding diaryl/α,β-unsaturated/α-hetero) is 1. The Balaban J connectivity index is 1.14. The van der Waals surface area contributed by atoms with Gasteiger partial charge in [0.25, 0.3) is 5.56 Å². The number of para-hydroxylation sites is 2. The predicted octanol–water partition coefficient (Wildman–Crippen LogP) is 6.03. The second kappa shape index (κ2) is 15.4. The van der Waals surface area contributed by atoms with Gasteiger partial charge in [0.05, 0.1) is 29.3 Å². The number of hydrogen-bond acceptors (Lipinski definition) is 8. The van der Waals surface area contributed by atoms with Crippen molar-refractivity contribution in [2.75, 3.05) is 37.5 Å².